The van der Waals surface area contributed by atoms with Crippen LogP contribution in [0.1, 0.15) is 45.6 Å². The quantitative estimate of drug-likeness (QED) is 0.715. The number of aliphatic hydroxyl groups excluding tert-OH is 1. The van der Waals surface area contributed by atoms with E-state index in [2.05, 4.69) is 28.4 Å². The summed E-state index contributed by atoms with van der Waals surface area (Å²) in [5.74, 6) is -0.189. The van der Waals surface area contributed by atoms with Gasteiger partial charge < -0.3 is 19.9 Å². The Bertz CT molecular complexity index is 656. The summed E-state index contributed by atoms with van der Waals surface area (Å²) in [4.78, 5) is 14.5. The minimum atomic E-state index is -0.746. The van der Waals surface area contributed by atoms with E-state index in [1.54, 1.807) is 0 Å². The minimum Gasteiger partial charge on any atom is -0.388 e. The molecule has 3 rings (SSSR count). The smallest absolute Gasteiger partial charge is 0.246 e. The van der Waals surface area contributed by atoms with Crippen molar-refractivity contribution in [1.82, 2.24) is 20.0 Å². The molecule has 2 aliphatic rings. The number of hydrogen-bond acceptors (Lipinski definition) is 6. The molecular weight excluding hydrogens is 360 g/mol. The summed E-state index contributed by atoms with van der Waals surface area (Å²) in [5, 5.41) is 18.5. The van der Waals surface area contributed by atoms with Crippen LogP contribution < -0.4 is 5.32 Å². The van der Waals surface area contributed by atoms with Gasteiger partial charge in [0, 0.05) is 51.2 Å². The molecule has 1 amide bonds. The van der Waals surface area contributed by atoms with Crippen LogP contribution in [0.4, 0.5) is 0 Å². The molecule has 2 atom stereocenters. The van der Waals surface area contributed by atoms with Gasteiger partial charge in [0.25, 0.3) is 0 Å². The molecule has 1 aromatic heterocycles. The number of carbonyl (C=O) groups excluding carboxylic acids is 1. The van der Waals surface area contributed by atoms with Crippen molar-refractivity contribution in [3.63, 3.8) is 0 Å². The van der Waals surface area contributed by atoms with Crippen LogP contribution in [0.3, 0.4) is 0 Å². The first-order chi connectivity index (χ1) is 13.4. The number of nitrogens with one attached hydrogen (secondary N) is 1. The zero-order valence-corrected chi connectivity index (χ0v) is 17.3. The lowest BCUT2D eigenvalue weighted by Gasteiger charge is -2.53. The normalized spacial score (nSPS) is 27.8. The zero-order valence-electron chi connectivity index (χ0n) is 17.3. The molecule has 2 saturated heterocycles. The number of aryl methyl sites for hydroxylation is 1. The van der Waals surface area contributed by atoms with Crippen molar-refractivity contribution in [2.45, 2.75) is 70.4 Å². The number of hydrogen-bond donors (Lipinski definition) is 2. The minimum absolute atomic E-state index is 0.0197. The molecule has 8 heteroatoms. The summed E-state index contributed by atoms with van der Waals surface area (Å²) in [5.41, 5.74) is -0.0942. The maximum Gasteiger partial charge on any atom is 0.246 e. The van der Waals surface area contributed by atoms with Gasteiger partial charge in [0.15, 0.2) is 0 Å². The van der Waals surface area contributed by atoms with Gasteiger partial charge in [0.05, 0.1) is 17.3 Å². The average Bonchev–Trinajstić information content (AvgIpc) is 3.14. The fourth-order valence-electron chi connectivity index (χ4n) is 4.37. The van der Waals surface area contributed by atoms with Crippen LogP contribution in [0, 0.1) is 0 Å². The van der Waals surface area contributed by atoms with Crippen molar-refractivity contribution in [2.24, 2.45) is 0 Å². The van der Waals surface area contributed by atoms with Crippen molar-refractivity contribution in [3.8, 4) is 0 Å². The van der Waals surface area contributed by atoms with E-state index in [9.17, 15) is 9.90 Å². The predicted molar refractivity (Wildman–Crippen MR) is 105 cm³/mol. The molecule has 0 unspecified atom stereocenters. The molecule has 0 aliphatic carbocycles. The van der Waals surface area contributed by atoms with Crippen LogP contribution in [-0.4, -0.2) is 75.8 Å². The number of piperidine rings is 1. The number of ether oxygens (including phenoxy) is 2. The summed E-state index contributed by atoms with van der Waals surface area (Å²) >= 11 is 0. The van der Waals surface area contributed by atoms with Gasteiger partial charge in [-0.3, -0.25) is 14.4 Å². The Morgan fingerprint density at radius 1 is 1.39 bits per heavy atom. The molecule has 8 nitrogen and oxygen atoms in total. The maximum absolute atomic E-state index is 12.2. The number of carbonyl (C=O) groups is 1. The van der Waals surface area contributed by atoms with Crippen LogP contribution >= 0.6 is 0 Å². The lowest BCUT2D eigenvalue weighted by molar-refractivity contribution is -0.208. The molecule has 28 heavy (non-hydrogen) atoms. The third kappa shape index (κ3) is 4.56. The number of amides is 1. The highest BCUT2D eigenvalue weighted by atomic mass is 16.5. The Hall–Kier alpha value is -1.48. The van der Waals surface area contributed by atoms with Crippen LogP contribution in [0.2, 0.25) is 0 Å². The molecule has 2 aliphatic heterocycles. The second-order valence-corrected chi connectivity index (χ2v) is 8.15. The highest BCUT2D eigenvalue weighted by molar-refractivity contribution is 5.78. The Morgan fingerprint density at radius 2 is 2.14 bits per heavy atom. The van der Waals surface area contributed by atoms with Crippen molar-refractivity contribution < 1.29 is 19.4 Å². The Morgan fingerprint density at radius 3 is 2.79 bits per heavy atom. The van der Waals surface area contributed by atoms with E-state index in [1.807, 2.05) is 24.7 Å². The number of rotatable bonds is 7. The maximum atomic E-state index is 12.2. The second-order valence-electron chi connectivity index (χ2n) is 8.15. The Kier molecular flexibility index (Phi) is 6.75. The summed E-state index contributed by atoms with van der Waals surface area (Å²) in [6, 6.07) is 0. The van der Waals surface area contributed by atoms with Crippen LogP contribution in [-0.2, 0) is 27.4 Å². The van der Waals surface area contributed by atoms with Crippen molar-refractivity contribution in [3.05, 3.63) is 18.0 Å². The monoisotopic (exact) mass is 394 g/mol. The van der Waals surface area contributed by atoms with E-state index in [0.717, 1.165) is 39.0 Å². The summed E-state index contributed by atoms with van der Waals surface area (Å²) in [6.07, 6.45) is 5.34. The van der Waals surface area contributed by atoms with E-state index in [-0.39, 0.29) is 12.5 Å². The molecule has 1 spiro atoms. The van der Waals surface area contributed by atoms with Crippen molar-refractivity contribution >= 4 is 5.91 Å². The number of aliphatic hydroxyl groups is 1. The number of likely N-dealkylation sites (tertiary alicyclic amines) is 1. The van der Waals surface area contributed by atoms with E-state index in [1.165, 1.54) is 5.56 Å². The molecule has 0 bridgehead atoms. The van der Waals surface area contributed by atoms with Gasteiger partial charge in [0.2, 0.25) is 5.91 Å². The predicted octanol–water partition coefficient (Wildman–Crippen LogP) is 0.930. The average molecular weight is 395 g/mol. The molecule has 0 radical (unpaired) electrons. The largest absolute Gasteiger partial charge is 0.388 e. The fraction of sp³-hybridized carbons (Fsp3) is 0.800. The second kappa shape index (κ2) is 8.90. The summed E-state index contributed by atoms with van der Waals surface area (Å²) in [7, 11) is 0. The molecule has 0 aromatic carbocycles. The summed E-state index contributed by atoms with van der Waals surface area (Å²) in [6.45, 7) is 10.3. The lowest BCUT2D eigenvalue weighted by Crippen LogP contribution is -2.69. The topological polar surface area (TPSA) is 88.9 Å². The third-order valence-corrected chi connectivity index (χ3v) is 6.09. The van der Waals surface area contributed by atoms with Gasteiger partial charge in [-0.15, -0.1) is 0 Å². The standard InChI is InChI=1S/C20H34N4O4/c1-4-24-14-16(12-21-24)13-23-9-6-20(7-10-23)18(26)19(3,8-11-28-20)22-17(25)15-27-5-2/h12,14,18,26H,4-11,13,15H2,1-3H3,(H,22,25)/t18-,19+/m1/s1. The molecule has 3 heterocycles. The molecule has 0 saturated carbocycles. The fourth-order valence-corrected chi connectivity index (χ4v) is 4.37. The highest BCUT2D eigenvalue weighted by Crippen LogP contribution is 2.40. The molecule has 2 fully saturated rings. The highest BCUT2D eigenvalue weighted by Gasteiger charge is 2.53. The van der Waals surface area contributed by atoms with Gasteiger partial charge in [-0.25, -0.2) is 0 Å². The lowest BCUT2D eigenvalue weighted by atomic mass is 9.73. The zero-order chi connectivity index (χ0) is 20.2. The van der Waals surface area contributed by atoms with Gasteiger partial charge >= 0.3 is 0 Å². The first-order valence-corrected chi connectivity index (χ1v) is 10.4. The first-order valence-electron chi connectivity index (χ1n) is 10.4. The Balaban J connectivity index is 1.59. The van der Waals surface area contributed by atoms with E-state index in [0.29, 0.717) is 19.6 Å². The van der Waals surface area contributed by atoms with Gasteiger partial charge in [0.1, 0.15) is 12.7 Å². The SMILES string of the molecule is CCOCC(=O)N[C@@]1(C)CCOC2(CCN(Cc3cnn(CC)c3)CC2)[C@@H]1O. The van der Waals surface area contributed by atoms with Gasteiger partial charge in [-0.2, -0.15) is 5.10 Å². The van der Waals surface area contributed by atoms with Crippen LogP contribution in [0.15, 0.2) is 12.4 Å². The first kappa shape index (κ1) is 21.2. The van der Waals surface area contributed by atoms with E-state index in [4.69, 9.17) is 9.47 Å². The Labute approximate surface area is 167 Å². The van der Waals surface area contributed by atoms with Gasteiger partial charge in [-0.05, 0) is 40.0 Å². The van der Waals surface area contributed by atoms with Gasteiger partial charge in [-0.1, -0.05) is 0 Å². The molecular formula is C20H34N4O4. The molecule has 2 N–H and O–H groups in total. The van der Waals surface area contributed by atoms with Crippen LogP contribution in [0.25, 0.3) is 0 Å². The third-order valence-electron chi connectivity index (χ3n) is 6.09. The number of aromatic nitrogens is 2. The van der Waals surface area contributed by atoms with Crippen molar-refractivity contribution in [1.29, 1.82) is 0 Å². The van der Waals surface area contributed by atoms with Crippen LogP contribution in [0.5, 0.6) is 0 Å². The van der Waals surface area contributed by atoms with Crippen molar-refractivity contribution in [2.75, 3.05) is 32.9 Å². The molecule has 1 aromatic rings. The number of nitrogens with zero attached hydrogens (tertiary/aromatic N) is 3. The van der Waals surface area contributed by atoms with E-state index >= 15 is 0 Å². The van der Waals surface area contributed by atoms with E-state index < -0.39 is 17.2 Å². The summed E-state index contributed by atoms with van der Waals surface area (Å²) < 4.78 is 13.3. The molecule has 158 valence electrons.